The second-order valence-corrected chi connectivity index (χ2v) is 5.44. The first-order valence-electron chi connectivity index (χ1n) is 6.96. The van der Waals surface area contributed by atoms with Gasteiger partial charge in [0, 0.05) is 31.5 Å². The van der Waals surface area contributed by atoms with E-state index in [9.17, 15) is 4.79 Å². The predicted octanol–water partition coefficient (Wildman–Crippen LogP) is 2.58. The first-order valence-corrected chi connectivity index (χ1v) is 6.96. The fourth-order valence-electron chi connectivity index (χ4n) is 3.16. The highest BCUT2D eigenvalue weighted by atomic mass is 16.6. The fourth-order valence-corrected chi connectivity index (χ4v) is 3.16. The van der Waals surface area contributed by atoms with E-state index in [1.807, 2.05) is 0 Å². The van der Waals surface area contributed by atoms with E-state index in [1.54, 1.807) is 0 Å². The third-order valence-corrected chi connectivity index (χ3v) is 4.35. The van der Waals surface area contributed by atoms with Crippen molar-refractivity contribution < 1.29 is 14.3 Å². The first kappa shape index (κ1) is 13.0. The summed E-state index contributed by atoms with van der Waals surface area (Å²) in [6.45, 7) is 6.41. The number of Topliss-reactive ketones (excluding diaryl/α,β-unsaturated/α-hetero) is 1. The van der Waals surface area contributed by atoms with E-state index in [-0.39, 0.29) is 17.4 Å². The molecule has 0 saturated carbocycles. The molecule has 2 heterocycles. The van der Waals surface area contributed by atoms with Crippen LogP contribution < -0.4 is 0 Å². The standard InChI is InChI=1S/C14H24O3/c1-3-11(4-2)13(15)12-5-7-17-14(9-12)6-8-16-10-14/h11-12H,3-10H2,1-2H3. The summed E-state index contributed by atoms with van der Waals surface area (Å²) in [6, 6.07) is 0. The Morgan fingerprint density at radius 1 is 1.35 bits per heavy atom. The largest absolute Gasteiger partial charge is 0.378 e. The van der Waals surface area contributed by atoms with Crippen LogP contribution in [-0.4, -0.2) is 31.2 Å². The van der Waals surface area contributed by atoms with Crippen LogP contribution in [0.25, 0.3) is 0 Å². The minimum Gasteiger partial charge on any atom is -0.378 e. The molecule has 2 aliphatic heterocycles. The summed E-state index contributed by atoms with van der Waals surface area (Å²) in [5, 5.41) is 0. The molecule has 0 aromatic heterocycles. The Labute approximate surface area is 104 Å². The van der Waals surface area contributed by atoms with Gasteiger partial charge in [-0.3, -0.25) is 4.79 Å². The van der Waals surface area contributed by atoms with Crippen LogP contribution in [0, 0.1) is 11.8 Å². The van der Waals surface area contributed by atoms with E-state index < -0.39 is 0 Å². The highest BCUT2D eigenvalue weighted by molar-refractivity contribution is 5.83. The molecule has 0 radical (unpaired) electrons. The molecule has 0 amide bonds. The number of carbonyl (C=O) groups is 1. The van der Waals surface area contributed by atoms with E-state index in [4.69, 9.17) is 9.47 Å². The van der Waals surface area contributed by atoms with E-state index in [1.165, 1.54) is 0 Å². The normalized spacial score (nSPS) is 33.5. The van der Waals surface area contributed by atoms with E-state index in [0.29, 0.717) is 12.4 Å². The van der Waals surface area contributed by atoms with Gasteiger partial charge in [-0.2, -0.15) is 0 Å². The zero-order chi connectivity index (χ0) is 12.3. The van der Waals surface area contributed by atoms with Crippen molar-refractivity contribution in [3.63, 3.8) is 0 Å². The van der Waals surface area contributed by atoms with Crippen LogP contribution in [-0.2, 0) is 14.3 Å². The van der Waals surface area contributed by atoms with Crippen molar-refractivity contribution in [2.24, 2.45) is 11.8 Å². The molecule has 2 atom stereocenters. The Morgan fingerprint density at radius 3 is 2.71 bits per heavy atom. The number of ether oxygens (including phenoxy) is 2. The Kier molecular flexibility index (Phi) is 4.21. The maximum absolute atomic E-state index is 12.4. The van der Waals surface area contributed by atoms with Gasteiger partial charge < -0.3 is 9.47 Å². The average Bonchev–Trinajstić information content (AvgIpc) is 2.78. The van der Waals surface area contributed by atoms with Crippen molar-refractivity contribution in [2.45, 2.75) is 51.6 Å². The first-order chi connectivity index (χ1) is 8.21. The zero-order valence-corrected chi connectivity index (χ0v) is 11.0. The van der Waals surface area contributed by atoms with Crippen LogP contribution in [0.15, 0.2) is 0 Å². The summed E-state index contributed by atoms with van der Waals surface area (Å²) < 4.78 is 11.3. The topological polar surface area (TPSA) is 35.5 Å². The summed E-state index contributed by atoms with van der Waals surface area (Å²) >= 11 is 0. The van der Waals surface area contributed by atoms with Crippen LogP contribution in [0.2, 0.25) is 0 Å². The van der Waals surface area contributed by atoms with E-state index in [0.717, 1.165) is 45.3 Å². The molecule has 2 saturated heterocycles. The van der Waals surface area contributed by atoms with Gasteiger partial charge in [0.05, 0.1) is 12.2 Å². The van der Waals surface area contributed by atoms with Crippen molar-refractivity contribution in [1.29, 1.82) is 0 Å². The summed E-state index contributed by atoms with van der Waals surface area (Å²) in [7, 11) is 0. The van der Waals surface area contributed by atoms with Gasteiger partial charge in [0.2, 0.25) is 0 Å². The molecule has 1 spiro atoms. The van der Waals surface area contributed by atoms with Crippen molar-refractivity contribution in [2.75, 3.05) is 19.8 Å². The Bertz CT molecular complexity index is 265. The molecule has 0 aromatic carbocycles. The van der Waals surface area contributed by atoms with Gasteiger partial charge in [-0.05, 0) is 25.7 Å². The lowest BCUT2D eigenvalue weighted by atomic mass is 9.78. The number of ketones is 1. The Morgan fingerprint density at radius 2 is 2.12 bits per heavy atom. The third-order valence-electron chi connectivity index (χ3n) is 4.35. The number of hydrogen-bond donors (Lipinski definition) is 0. The molecule has 2 rings (SSSR count). The summed E-state index contributed by atoms with van der Waals surface area (Å²) in [5.74, 6) is 0.914. The maximum atomic E-state index is 12.4. The van der Waals surface area contributed by atoms with Crippen LogP contribution in [0.3, 0.4) is 0 Å². The summed E-state index contributed by atoms with van der Waals surface area (Å²) in [4.78, 5) is 12.4. The molecule has 0 bridgehead atoms. The highest BCUT2D eigenvalue weighted by Gasteiger charge is 2.43. The molecule has 0 aromatic rings. The van der Waals surface area contributed by atoms with Crippen LogP contribution >= 0.6 is 0 Å². The zero-order valence-electron chi connectivity index (χ0n) is 11.0. The molecule has 2 fully saturated rings. The van der Waals surface area contributed by atoms with Crippen molar-refractivity contribution >= 4 is 5.78 Å². The number of rotatable bonds is 4. The SMILES string of the molecule is CCC(CC)C(=O)C1CCOC2(CCOC2)C1. The van der Waals surface area contributed by atoms with Gasteiger partial charge >= 0.3 is 0 Å². The van der Waals surface area contributed by atoms with Gasteiger partial charge in [-0.15, -0.1) is 0 Å². The van der Waals surface area contributed by atoms with Gasteiger partial charge in [0.1, 0.15) is 5.78 Å². The van der Waals surface area contributed by atoms with Crippen LogP contribution in [0.5, 0.6) is 0 Å². The minimum absolute atomic E-state index is 0.134. The molecule has 2 aliphatic rings. The van der Waals surface area contributed by atoms with E-state index >= 15 is 0 Å². The Hall–Kier alpha value is -0.410. The molecule has 0 N–H and O–H groups in total. The monoisotopic (exact) mass is 240 g/mol. The summed E-state index contributed by atoms with van der Waals surface area (Å²) in [6.07, 6.45) is 4.67. The van der Waals surface area contributed by atoms with Crippen LogP contribution in [0.4, 0.5) is 0 Å². The Balaban J connectivity index is 1.99. The quantitative estimate of drug-likeness (QED) is 0.757. The lowest BCUT2D eigenvalue weighted by Gasteiger charge is -2.37. The summed E-state index contributed by atoms with van der Waals surface area (Å²) in [5.41, 5.74) is -0.134. The van der Waals surface area contributed by atoms with Crippen molar-refractivity contribution in [3.8, 4) is 0 Å². The highest BCUT2D eigenvalue weighted by Crippen LogP contribution is 2.37. The molecular weight excluding hydrogens is 216 g/mol. The fraction of sp³-hybridized carbons (Fsp3) is 0.929. The molecule has 3 heteroatoms. The van der Waals surface area contributed by atoms with Crippen molar-refractivity contribution in [1.82, 2.24) is 0 Å². The molecule has 0 aliphatic carbocycles. The maximum Gasteiger partial charge on any atom is 0.139 e. The molecule has 2 unspecified atom stereocenters. The average molecular weight is 240 g/mol. The van der Waals surface area contributed by atoms with Gasteiger partial charge in [-0.1, -0.05) is 13.8 Å². The molecular formula is C14H24O3. The van der Waals surface area contributed by atoms with Crippen LogP contribution in [0.1, 0.15) is 46.0 Å². The lowest BCUT2D eigenvalue weighted by molar-refractivity contribution is -0.140. The van der Waals surface area contributed by atoms with E-state index in [2.05, 4.69) is 13.8 Å². The smallest absolute Gasteiger partial charge is 0.139 e. The number of hydrogen-bond acceptors (Lipinski definition) is 3. The van der Waals surface area contributed by atoms with Gasteiger partial charge in [0.15, 0.2) is 0 Å². The second-order valence-electron chi connectivity index (χ2n) is 5.44. The van der Waals surface area contributed by atoms with Gasteiger partial charge in [0.25, 0.3) is 0 Å². The molecule has 98 valence electrons. The minimum atomic E-state index is -0.134. The van der Waals surface area contributed by atoms with Gasteiger partial charge in [-0.25, -0.2) is 0 Å². The van der Waals surface area contributed by atoms with Crippen molar-refractivity contribution in [3.05, 3.63) is 0 Å². The predicted molar refractivity (Wildman–Crippen MR) is 65.9 cm³/mol. The third kappa shape index (κ3) is 2.71. The second kappa shape index (κ2) is 5.49. The lowest BCUT2D eigenvalue weighted by Crippen LogP contribution is -2.43. The number of carbonyl (C=O) groups excluding carboxylic acids is 1. The molecule has 17 heavy (non-hydrogen) atoms. The molecule has 3 nitrogen and oxygen atoms in total.